The third-order valence-corrected chi connectivity index (χ3v) is 3.23. The summed E-state index contributed by atoms with van der Waals surface area (Å²) in [6.45, 7) is 0. The highest BCUT2D eigenvalue weighted by molar-refractivity contribution is 6.45. The number of para-hydroxylation sites is 1. The maximum Gasteiger partial charge on any atom is 0.478 e. The third kappa shape index (κ3) is 4.76. The normalized spacial score (nSPS) is 21.7. The zero-order valence-corrected chi connectivity index (χ0v) is 11.4. The number of carbonyl (C=O) groups excluding carboxylic acids is 1. The molecular weight excluding hydrogens is 275 g/mol. The van der Waals surface area contributed by atoms with Gasteiger partial charge < -0.3 is 25.4 Å². The van der Waals surface area contributed by atoms with Crippen molar-refractivity contribution in [3.05, 3.63) is 30.3 Å². The van der Waals surface area contributed by atoms with Crippen LogP contribution < -0.4 is 10.6 Å². The molecule has 0 spiro atoms. The van der Waals surface area contributed by atoms with Gasteiger partial charge in [0.15, 0.2) is 0 Å². The number of carboxylic acids is 1. The van der Waals surface area contributed by atoms with Crippen molar-refractivity contribution < 1.29 is 24.4 Å². The summed E-state index contributed by atoms with van der Waals surface area (Å²) in [6.07, 6.45) is 0.258. The van der Waals surface area contributed by atoms with Gasteiger partial charge in [-0.3, -0.25) is 4.79 Å². The van der Waals surface area contributed by atoms with Crippen LogP contribution in [0.3, 0.4) is 0 Å². The molecule has 4 N–H and O–H groups in total. The van der Waals surface area contributed by atoms with E-state index in [1.807, 2.05) is 6.07 Å². The number of hydrogen-bond donors (Lipinski definition) is 4. The second-order valence-corrected chi connectivity index (χ2v) is 4.89. The van der Waals surface area contributed by atoms with Gasteiger partial charge in [0.1, 0.15) is 0 Å². The molecule has 1 heterocycles. The monoisotopic (exact) mass is 292 g/mol. The predicted molar refractivity (Wildman–Crippen MR) is 76.7 cm³/mol. The number of carboxylic acid groups (broad SMARTS) is 1. The maximum absolute atomic E-state index is 11.8. The molecular formula is C13H17BN2O5. The molecule has 2 rings (SSSR count). The number of urea groups is 1. The molecule has 112 valence electrons. The van der Waals surface area contributed by atoms with Crippen molar-refractivity contribution >= 4 is 24.8 Å². The van der Waals surface area contributed by atoms with Crippen LogP contribution in [0.2, 0.25) is 0 Å². The summed E-state index contributed by atoms with van der Waals surface area (Å²) in [6, 6.07) is 8.48. The van der Waals surface area contributed by atoms with Crippen molar-refractivity contribution in [3.8, 4) is 0 Å². The van der Waals surface area contributed by atoms with Crippen molar-refractivity contribution in [2.45, 2.75) is 31.3 Å². The van der Waals surface area contributed by atoms with Crippen LogP contribution in [0.4, 0.5) is 10.5 Å². The van der Waals surface area contributed by atoms with Gasteiger partial charge in [0.2, 0.25) is 0 Å². The third-order valence-electron chi connectivity index (χ3n) is 3.23. The van der Waals surface area contributed by atoms with Crippen LogP contribution in [0.15, 0.2) is 30.3 Å². The van der Waals surface area contributed by atoms with E-state index in [-0.39, 0.29) is 6.42 Å². The van der Waals surface area contributed by atoms with Crippen LogP contribution in [-0.4, -0.2) is 41.3 Å². The standard InChI is InChI=1S/C13H17BN2O5/c17-12(18)8-10-6-7-11(14(20)21-10)16-13(19)15-9-4-2-1-3-5-9/h1-5,10-11,20H,6-8H2,(H,17,18)(H2,15,16,19)/t10-,11-/m0/s1. The van der Waals surface area contributed by atoms with E-state index in [1.165, 1.54) is 0 Å². The number of carbonyl (C=O) groups is 2. The number of amides is 2. The maximum atomic E-state index is 11.8. The minimum absolute atomic E-state index is 0.153. The SMILES string of the molecule is O=C(O)C[C@@H]1CC[C@H](NC(=O)Nc2ccccc2)B(O)O1. The number of aliphatic carboxylic acids is 1. The van der Waals surface area contributed by atoms with Crippen LogP contribution in [0.5, 0.6) is 0 Å². The summed E-state index contributed by atoms with van der Waals surface area (Å²) in [5, 5.41) is 23.8. The quantitative estimate of drug-likeness (QED) is 0.615. The summed E-state index contributed by atoms with van der Waals surface area (Å²) < 4.78 is 5.19. The Labute approximate surface area is 122 Å². The van der Waals surface area contributed by atoms with Gasteiger partial charge in [-0.25, -0.2) is 4.79 Å². The molecule has 7 nitrogen and oxygen atoms in total. The van der Waals surface area contributed by atoms with Crippen LogP contribution in [0, 0.1) is 0 Å². The van der Waals surface area contributed by atoms with Gasteiger partial charge in [-0.1, -0.05) is 18.2 Å². The first-order chi connectivity index (χ1) is 10.0. The fourth-order valence-corrected chi connectivity index (χ4v) is 2.21. The highest BCUT2D eigenvalue weighted by Gasteiger charge is 2.36. The molecule has 1 aromatic rings. The predicted octanol–water partition coefficient (Wildman–Crippen LogP) is 0.850. The summed E-state index contributed by atoms with van der Waals surface area (Å²) >= 11 is 0. The van der Waals surface area contributed by atoms with Gasteiger partial charge in [-0.05, 0) is 25.0 Å². The molecule has 8 heteroatoms. The average molecular weight is 292 g/mol. The van der Waals surface area contributed by atoms with Gasteiger partial charge >= 0.3 is 19.1 Å². The minimum Gasteiger partial charge on any atom is -0.481 e. The second-order valence-electron chi connectivity index (χ2n) is 4.89. The average Bonchev–Trinajstić information content (AvgIpc) is 2.42. The number of benzene rings is 1. The van der Waals surface area contributed by atoms with Gasteiger partial charge in [-0.2, -0.15) is 0 Å². The molecule has 0 bridgehead atoms. The summed E-state index contributed by atoms with van der Waals surface area (Å²) in [5.74, 6) is -1.53. The van der Waals surface area contributed by atoms with E-state index in [1.54, 1.807) is 24.3 Å². The lowest BCUT2D eigenvalue weighted by molar-refractivity contribution is -0.139. The number of rotatable bonds is 4. The van der Waals surface area contributed by atoms with E-state index in [9.17, 15) is 14.6 Å². The Morgan fingerprint density at radius 2 is 2.00 bits per heavy atom. The van der Waals surface area contributed by atoms with Crippen molar-refractivity contribution in [1.29, 1.82) is 0 Å². The van der Waals surface area contributed by atoms with Crippen LogP contribution in [0.1, 0.15) is 19.3 Å². The zero-order valence-electron chi connectivity index (χ0n) is 11.4. The van der Waals surface area contributed by atoms with E-state index < -0.39 is 31.2 Å². The first kappa shape index (κ1) is 15.3. The highest BCUT2D eigenvalue weighted by atomic mass is 16.5. The van der Waals surface area contributed by atoms with Gasteiger partial charge in [-0.15, -0.1) is 0 Å². The molecule has 1 fully saturated rings. The molecule has 2 atom stereocenters. The molecule has 2 amide bonds. The first-order valence-corrected chi connectivity index (χ1v) is 6.72. The molecule has 0 unspecified atom stereocenters. The number of anilines is 1. The number of nitrogens with one attached hydrogen (secondary N) is 2. The largest absolute Gasteiger partial charge is 0.481 e. The number of hydrogen-bond acceptors (Lipinski definition) is 4. The Hall–Kier alpha value is -2.06. The fourth-order valence-electron chi connectivity index (χ4n) is 2.21. The first-order valence-electron chi connectivity index (χ1n) is 6.72. The lowest BCUT2D eigenvalue weighted by Gasteiger charge is -2.30. The topological polar surface area (TPSA) is 108 Å². The molecule has 0 saturated carbocycles. The van der Waals surface area contributed by atoms with Gasteiger partial charge in [0, 0.05) is 5.69 Å². The van der Waals surface area contributed by atoms with Crippen LogP contribution >= 0.6 is 0 Å². The van der Waals surface area contributed by atoms with Crippen molar-refractivity contribution in [1.82, 2.24) is 5.32 Å². The van der Waals surface area contributed by atoms with Crippen molar-refractivity contribution in [2.24, 2.45) is 0 Å². The van der Waals surface area contributed by atoms with Crippen molar-refractivity contribution in [3.63, 3.8) is 0 Å². The summed E-state index contributed by atoms with van der Waals surface area (Å²) in [5.41, 5.74) is 0.643. The lowest BCUT2D eigenvalue weighted by Crippen LogP contribution is -2.53. The summed E-state index contributed by atoms with van der Waals surface area (Å²) in [4.78, 5) is 22.4. The van der Waals surface area contributed by atoms with E-state index >= 15 is 0 Å². The van der Waals surface area contributed by atoms with E-state index in [4.69, 9.17) is 9.76 Å². The Morgan fingerprint density at radius 3 is 2.62 bits per heavy atom. The van der Waals surface area contributed by atoms with Crippen LogP contribution in [-0.2, 0) is 9.45 Å². The molecule has 0 aliphatic carbocycles. The lowest BCUT2D eigenvalue weighted by atomic mass is 9.72. The molecule has 0 radical (unpaired) electrons. The smallest absolute Gasteiger partial charge is 0.478 e. The molecule has 21 heavy (non-hydrogen) atoms. The van der Waals surface area contributed by atoms with Gasteiger partial charge in [0.05, 0.1) is 18.5 Å². The molecule has 1 aliphatic heterocycles. The molecule has 1 saturated heterocycles. The van der Waals surface area contributed by atoms with E-state index in [0.29, 0.717) is 18.5 Å². The van der Waals surface area contributed by atoms with Crippen molar-refractivity contribution in [2.75, 3.05) is 5.32 Å². The molecule has 1 aromatic carbocycles. The highest BCUT2D eigenvalue weighted by Crippen LogP contribution is 2.18. The van der Waals surface area contributed by atoms with E-state index in [2.05, 4.69) is 10.6 Å². The Bertz CT molecular complexity index is 499. The Morgan fingerprint density at radius 1 is 1.29 bits per heavy atom. The van der Waals surface area contributed by atoms with E-state index in [0.717, 1.165) is 0 Å². The minimum atomic E-state index is -1.20. The molecule has 0 aromatic heterocycles. The summed E-state index contributed by atoms with van der Waals surface area (Å²) in [7, 11) is -1.20. The van der Waals surface area contributed by atoms with Gasteiger partial charge in [0.25, 0.3) is 0 Å². The van der Waals surface area contributed by atoms with Crippen LogP contribution in [0.25, 0.3) is 0 Å². The fraction of sp³-hybridized carbons (Fsp3) is 0.385. The second kappa shape index (κ2) is 7.10. The molecule has 1 aliphatic rings. The Kier molecular flexibility index (Phi) is 5.18. The zero-order chi connectivity index (χ0) is 15.2. The Balaban J connectivity index is 1.81.